The van der Waals surface area contributed by atoms with Gasteiger partial charge >= 0.3 is 0 Å². The highest BCUT2D eigenvalue weighted by Gasteiger charge is 2.31. The second-order valence-electron chi connectivity index (χ2n) is 8.66. The molecule has 1 N–H and O–H groups in total. The third-order valence-corrected chi connectivity index (χ3v) is 6.95. The molecule has 0 fully saturated rings. The number of amides is 1. The molecule has 7 heteroatoms. The van der Waals surface area contributed by atoms with Gasteiger partial charge in [-0.1, -0.05) is 53.2 Å². The van der Waals surface area contributed by atoms with E-state index in [0.717, 1.165) is 40.6 Å². The van der Waals surface area contributed by atoms with Gasteiger partial charge in [0.15, 0.2) is 0 Å². The molecule has 4 rings (SSSR count). The van der Waals surface area contributed by atoms with Crippen LogP contribution in [-0.4, -0.2) is 40.5 Å². The van der Waals surface area contributed by atoms with Crippen molar-refractivity contribution in [1.29, 1.82) is 0 Å². The van der Waals surface area contributed by atoms with Crippen LogP contribution < -0.4 is 10.9 Å². The Balaban J connectivity index is 1.81. The normalized spacial score (nSPS) is 13.5. The van der Waals surface area contributed by atoms with Crippen LogP contribution >= 0.6 is 15.9 Å². The van der Waals surface area contributed by atoms with E-state index >= 15 is 0 Å². The molecule has 178 valence electrons. The Labute approximate surface area is 209 Å². The molecular weight excluding hydrogens is 492 g/mol. The molecular formula is C27H31BrN4O2. The maximum Gasteiger partial charge on any atom is 0.257 e. The van der Waals surface area contributed by atoms with Gasteiger partial charge in [-0.05, 0) is 62.6 Å². The first-order valence-electron chi connectivity index (χ1n) is 11.9. The molecule has 0 radical (unpaired) electrons. The summed E-state index contributed by atoms with van der Waals surface area (Å²) >= 11 is 3.45. The SMILES string of the molecule is CCC(c1nc2c(c(=O)n1Cc1ccccc1)CCC2)N(CCNC)C(=O)c1ccc(Br)cc1. The van der Waals surface area contributed by atoms with E-state index in [1.807, 2.05) is 66.5 Å². The van der Waals surface area contributed by atoms with E-state index in [2.05, 4.69) is 28.2 Å². The highest BCUT2D eigenvalue weighted by atomic mass is 79.9. The molecule has 0 spiro atoms. The van der Waals surface area contributed by atoms with Crippen LogP contribution in [0.1, 0.15) is 58.8 Å². The van der Waals surface area contributed by atoms with Crippen molar-refractivity contribution in [3.63, 3.8) is 0 Å². The highest BCUT2D eigenvalue weighted by molar-refractivity contribution is 9.10. The number of carbonyl (C=O) groups excluding carboxylic acids is 1. The fraction of sp³-hybridized carbons (Fsp3) is 0.370. The number of likely N-dealkylation sites (N-methyl/N-ethyl adjacent to an activating group) is 1. The molecule has 1 aliphatic carbocycles. The van der Waals surface area contributed by atoms with Gasteiger partial charge in [0, 0.05) is 28.7 Å². The molecule has 6 nitrogen and oxygen atoms in total. The Morgan fingerprint density at radius 1 is 1.15 bits per heavy atom. The molecule has 1 amide bonds. The third kappa shape index (κ3) is 5.15. The minimum absolute atomic E-state index is 0.0319. The number of halogens is 1. The summed E-state index contributed by atoms with van der Waals surface area (Å²) in [5, 5.41) is 3.16. The van der Waals surface area contributed by atoms with E-state index in [0.29, 0.717) is 37.4 Å². The lowest BCUT2D eigenvalue weighted by Gasteiger charge is -2.33. The van der Waals surface area contributed by atoms with Gasteiger partial charge < -0.3 is 10.2 Å². The number of nitrogens with one attached hydrogen (secondary N) is 1. The van der Waals surface area contributed by atoms with Crippen LogP contribution in [0.25, 0.3) is 0 Å². The van der Waals surface area contributed by atoms with E-state index in [1.165, 1.54) is 0 Å². The van der Waals surface area contributed by atoms with Crippen molar-refractivity contribution >= 4 is 21.8 Å². The summed E-state index contributed by atoms with van der Waals surface area (Å²) in [6.45, 7) is 3.66. The molecule has 1 heterocycles. The average Bonchev–Trinajstić information content (AvgIpc) is 3.33. The summed E-state index contributed by atoms with van der Waals surface area (Å²) in [7, 11) is 1.88. The quantitative estimate of drug-likeness (QED) is 0.453. The van der Waals surface area contributed by atoms with Gasteiger partial charge in [-0.25, -0.2) is 4.98 Å². The molecule has 1 aromatic heterocycles. The zero-order valence-electron chi connectivity index (χ0n) is 19.8. The highest BCUT2D eigenvalue weighted by Crippen LogP contribution is 2.27. The van der Waals surface area contributed by atoms with Crippen LogP contribution in [0.4, 0.5) is 0 Å². The number of aromatic nitrogens is 2. The Bertz CT molecular complexity index is 1190. The lowest BCUT2D eigenvalue weighted by Crippen LogP contribution is -2.42. The zero-order valence-corrected chi connectivity index (χ0v) is 21.3. The molecule has 3 aromatic rings. The molecule has 1 aliphatic rings. The smallest absolute Gasteiger partial charge is 0.257 e. The number of nitrogens with zero attached hydrogens (tertiary/aromatic N) is 3. The van der Waals surface area contributed by atoms with Crippen molar-refractivity contribution in [2.24, 2.45) is 0 Å². The largest absolute Gasteiger partial charge is 0.327 e. The van der Waals surface area contributed by atoms with E-state index in [1.54, 1.807) is 4.57 Å². The molecule has 1 unspecified atom stereocenters. The lowest BCUT2D eigenvalue weighted by atomic mass is 10.1. The summed E-state index contributed by atoms with van der Waals surface area (Å²) in [6.07, 6.45) is 3.20. The first-order valence-corrected chi connectivity index (χ1v) is 12.7. The Morgan fingerprint density at radius 3 is 2.56 bits per heavy atom. The van der Waals surface area contributed by atoms with Crippen LogP contribution in [0.15, 0.2) is 63.9 Å². The Hall–Kier alpha value is -2.77. The van der Waals surface area contributed by atoms with Crippen LogP contribution in [0, 0.1) is 0 Å². The van der Waals surface area contributed by atoms with Crippen molar-refractivity contribution in [3.05, 3.63) is 97.6 Å². The first kappa shape index (κ1) is 24.4. The van der Waals surface area contributed by atoms with Gasteiger partial charge in [-0.2, -0.15) is 0 Å². The van der Waals surface area contributed by atoms with Gasteiger partial charge in [-0.15, -0.1) is 0 Å². The summed E-state index contributed by atoms with van der Waals surface area (Å²) in [6, 6.07) is 17.1. The molecule has 0 saturated heterocycles. The fourth-order valence-corrected chi connectivity index (χ4v) is 4.92. The molecule has 1 atom stereocenters. The number of fused-ring (bicyclic) bond motifs is 1. The van der Waals surface area contributed by atoms with Gasteiger partial charge in [0.2, 0.25) is 0 Å². The van der Waals surface area contributed by atoms with E-state index in [9.17, 15) is 9.59 Å². The van der Waals surface area contributed by atoms with E-state index < -0.39 is 0 Å². The third-order valence-electron chi connectivity index (χ3n) is 6.42. The standard InChI is InChI=1S/C27H31BrN4O2/c1-3-24(31(17-16-29-2)26(33)20-12-14-21(28)15-13-20)25-30-23-11-7-10-22(23)27(34)32(25)18-19-8-5-4-6-9-19/h4-6,8-9,12-15,24,29H,3,7,10-11,16-18H2,1-2H3. The second-order valence-corrected chi connectivity index (χ2v) is 9.57. The fourth-order valence-electron chi connectivity index (χ4n) is 4.65. The number of hydrogen-bond acceptors (Lipinski definition) is 4. The predicted molar refractivity (Wildman–Crippen MR) is 138 cm³/mol. The molecule has 0 aliphatic heterocycles. The molecule has 34 heavy (non-hydrogen) atoms. The molecule has 2 aromatic carbocycles. The van der Waals surface area contributed by atoms with Crippen molar-refractivity contribution in [1.82, 2.24) is 19.8 Å². The number of benzene rings is 2. The number of carbonyl (C=O) groups is 1. The minimum Gasteiger partial charge on any atom is -0.327 e. The Kier molecular flexibility index (Phi) is 7.95. The van der Waals surface area contributed by atoms with Crippen molar-refractivity contribution in [2.75, 3.05) is 20.1 Å². The topological polar surface area (TPSA) is 67.2 Å². The van der Waals surface area contributed by atoms with Crippen LogP contribution in [-0.2, 0) is 19.4 Å². The van der Waals surface area contributed by atoms with Crippen LogP contribution in [0.3, 0.4) is 0 Å². The van der Waals surface area contributed by atoms with Crippen molar-refractivity contribution in [3.8, 4) is 0 Å². The minimum atomic E-state index is -0.313. The van der Waals surface area contributed by atoms with E-state index in [-0.39, 0.29) is 17.5 Å². The van der Waals surface area contributed by atoms with Gasteiger partial charge in [0.1, 0.15) is 5.82 Å². The monoisotopic (exact) mass is 522 g/mol. The molecule has 0 saturated carbocycles. The Morgan fingerprint density at radius 2 is 1.88 bits per heavy atom. The first-order chi connectivity index (χ1) is 16.5. The number of hydrogen-bond donors (Lipinski definition) is 1. The molecule has 0 bridgehead atoms. The summed E-state index contributed by atoms with van der Waals surface area (Å²) < 4.78 is 2.73. The van der Waals surface area contributed by atoms with Crippen molar-refractivity contribution < 1.29 is 4.79 Å². The second kappa shape index (κ2) is 11.1. The van der Waals surface area contributed by atoms with Gasteiger partial charge in [-0.3, -0.25) is 14.2 Å². The zero-order chi connectivity index (χ0) is 24.1. The summed E-state index contributed by atoms with van der Waals surface area (Å²) in [5.74, 6) is 0.620. The maximum atomic E-state index is 13.7. The van der Waals surface area contributed by atoms with Gasteiger partial charge in [0.05, 0.1) is 18.3 Å². The lowest BCUT2D eigenvalue weighted by molar-refractivity contribution is 0.0659. The van der Waals surface area contributed by atoms with Gasteiger partial charge in [0.25, 0.3) is 11.5 Å². The summed E-state index contributed by atoms with van der Waals surface area (Å²) in [4.78, 5) is 34.2. The van der Waals surface area contributed by atoms with Crippen LogP contribution in [0.5, 0.6) is 0 Å². The van der Waals surface area contributed by atoms with Crippen LogP contribution in [0.2, 0.25) is 0 Å². The average molecular weight is 523 g/mol. The predicted octanol–water partition coefficient (Wildman–Crippen LogP) is 4.36. The van der Waals surface area contributed by atoms with E-state index in [4.69, 9.17) is 4.98 Å². The summed E-state index contributed by atoms with van der Waals surface area (Å²) in [5.41, 5.74) is 3.42. The number of rotatable bonds is 9. The number of aryl methyl sites for hydroxylation is 1. The van der Waals surface area contributed by atoms with Crippen molar-refractivity contribution in [2.45, 2.75) is 45.2 Å². The maximum absolute atomic E-state index is 13.7.